The van der Waals surface area contributed by atoms with Gasteiger partial charge in [-0.2, -0.15) is 0 Å². The molecule has 1 rings (SSSR count). The normalized spacial score (nSPS) is 12.0. The molecular formula is C19H34N2O2S. The van der Waals surface area contributed by atoms with Crippen molar-refractivity contribution in [2.75, 3.05) is 24.7 Å². The van der Waals surface area contributed by atoms with Gasteiger partial charge in [-0.3, -0.25) is 4.90 Å². The fraction of sp³-hybridized carbons (Fsp3) is 0.684. The van der Waals surface area contributed by atoms with E-state index in [9.17, 15) is 8.42 Å². The largest absolute Gasteiger partial charge is 0.399 e. The minimum Gasteiger partial charge on any atom is -0.399 e. The Morgan fingerprint density at radius 2 is 1.50 bits per heavy atom. The predicted molar refractivity (Wildman–Crippen MR) is 103 cm³/mol. The molecule has 0 saturated heterocycles. The highest BCUT2D eigenvalue weighted by Crippen LogP contribution is 2.16. The molecule has 0 aliphatic carbocycles. The van der Waals surface area contributed by atoms with E-state index < -0.39 is 9.84 Å². The van der Waals surface area contributed by atoms with Gasteiger partial charge < -0.3 is 5.73 Å². The molecule has 4 nitrogen and oxygen atoms in total. The summed E-state index contributed by atoms with van der Waals surface area (Å²) in [6.45, 7) is 6.08. The molecule has 0 radical (unpaired) electrons. The van der Waals surface area contributed by atoms with Gasteiger partial charge in [0.1, 0.15) is 5.88 Å². The van der Waals surface area contributed by atoms with Gasteiger partial charge in [0.05, 0.1) is 4.90 Å². The van der Waals surface area contributed by atoms with Crippen molar-refractivity contribution in [3.8, 4) is 0 Å². The van der Waals surface area contributed by atoms with Crippen LogP contribution >= 0.6 is 0 Å². The van der Waals surface area contributed by atoms with E-state index >= 15 is 0 Å². The molecule has 1 aromatic carbocycles. The third kappa shape index (κ3) is 8.15. The van der Waals surface area contributed by atoms with Crippen LogP contribution in [-0.2, 0) is 9.84 Å². The summed E-state index contributed by atoms with van der Waals surface area (Å²) in [5.41, 5.74) is 6.23. The number of anilines is 1. The maximum absolute atomic E-state index is 12.7. The van der Waals surface area contributed by atoms with E-state index in [1.54, 1.807) is 24.3 Å². The van der Waals surface area contributed by atoms with Gasteiger partial charge in [-0.25, -0.2) is 8.42 Å². The van der Waals surface area contributed by atoms with Gasteiger partial charge in [-0.1, -0.05) is 58.4 Å². The third-order valence-electron chi connectivity index (χ3n) is 4.23. The molecule has 138 valence electrons. The van der Waals surface area contributed by atoms with Crippen molar-refractivity contribution in [3.63, 3.8) is 0 Å². The van der Waals surface area contributed by atoms with Crippen LogP contribution in [0.3, 0.4) is 0 Å². The van der Waals surface area contributed by atoms with Gasteiger partial charge >= 0.3 is 0 Å². The van der Waals surface area contributed by atoms with Crippen LogP contribution in [0.5, 0.6) is 0 Å². The average Bonchev–Trinajstić information content (AvgIpc) is 2.55. The molecule has 0 aromatic heterocycles. The van der Waals surface area contributed by atoms with Crippen molar-refractivity contribution < 1.29 is 8.42 Å². The Kier molecular flexibility index (Phi) is 10.0. The standard InChI is InChI=1S/C19H34N2O2S/c1-3-5-7-9-14-21(15-10-8-6-4-2)17-24(22,23)19-13-11-12-18(20)16-19/h11-13,16H,3-10,14-15,17,20H2,1-2H3. The lowest BCUT2D eigenvalue weighted by molar-refractivity contribution is 0.297. The highest BCUT2D eigenvalue weighted by Gasteiger charge is 2.19. The second-order valence-electron chi connectivity index (χ2n) is 6.56. The molecule has 0 saturated carbocycles. The van der Waals surface area contributed by atoms with Crippen molar-refractivity contribution in [2.24, 2.45) is 0 Å². The molecule has 1 aromatic rings. The van der Waals surface area contributed by atoms with Crippen LogP contribution < -0.4 is 5.73 Å². The van der Waals surface area contributed by atoms with Gasteiger partial charge in [-0.15, -0.1) is 0 Å². The highest BCUT2D eigenvalue weighted by atomic mass is 32.2. The van der Waals surface area contributed by atoms with Crippen molar-refractivity contribution in [2.45, 2.75) is 70.1 Å². The van der Waals surface area contributed by atoms with Crippen LogP contribution in [0.4, 0.5) is 5.69 Å². The average molecular weight is 355 g/mol. The van der Waals surface area contributed by atoms with E-state index in [-0.39, 0.29) is 5.88 Å². The zero-order chi connectivity index (χ0) is 17.8. The maximum atomic E-state index is 12.7. The molecule has 0 heterocycles. The summed E-state index contributed by atoms with van der Waals surface area (Å²) in [7, 11) is -3.32. The fourth-order valence-electron chi connectivity index (χ4n) is 2.79. The quantitative estimate of drug-likeness (QED) is 0.419. The third-order valence-corrected chi connectivity index (χ3v) is 5.90. The van der Waals surface area contributed by atoms with Crippen LogP contribution in [0.15, 0.2) is 29.2 Å². The Morgan fingerprint density at radius 1 is 0.917 bits per heavy atom. The maximum Gasteiger partial charge on any atom is 0.191 e. The molecule has 0 fully saturated rings. The smallest absolute Gasteiger partial charge is 0.191 e. The van der Waals surface area contributed by atoms with E-state index in [0.29, 0.717) is 10.6 Å². The minimum atomic E-state index is -3.32. The molecule has 0 spiro atoms. The molecule has 0 amide bonds. The SMILES string of the molecule is CCCCCCN(CCCCCC)CS(=O)(=O)c1cccc(N)c1. The molecule has 0 atom stereocenters. The van der Waals surface area contributed by atoms with Crippen LogP contribution in [0.25, 0.3) is 0 Å². The lowest BCUT2D eigenvalue weighted by atomic mass is 10.2. The van der Waals surface area contributed by atoms with Crippen molar-refractivity contribution in [3.05, 3.63) is 24.3 Å². The topological polar surface area (TPSA) is 63.4 Å². The summed E-state index contributed by atoms with van der Waals surface area (Å²) >= 11 is 0. The van der Waals surface area contributed by atoms with Gasteiger partial charge in [0.25, 0.3) is 0 Å². The molecule has 0 unspecified atom stereocenters. The number of hydrogen-bond acceptors (Lipinski definition) is 4. The number of nitrogen functional groups attached to an aromatic ring is 1. The highest BCUT2D eigenvalue weighted by molar-refractivity contribution is 7.91. The van der Waals surface area contributed by atoms with E-state index in [4.69, 9.17) is 5.73 Å². The molecular weight excluding hydrogens is 320 g/mol. The Labute approximate surface area is 148 Å². The van der Waals surface area contributed by atoms with E-state index in [1.165, 1.54) is 38.5 Å². The van der Waals surface area contributed by atoms with E-state index in [2.05, 4.69) is 18.7 Å². The summed E-state index contributed by atoms with van der Waals surface area (Å²) in [6.07, 6.45) is 9.27. The first-order valence-corrected chi connectivity index (χ1v) is 11.0. The second kappa shape index (κ2) is 11.5. The van der Waals surface area contributed by atoms with Crippen molar-refractivity contribution in [1.82, 2.24) is 4.90 Å². The number of sulfone groups is 1. The van der Waals surface area contributed by atoms with Gasteiger partial charge in [0.15, 0.2) is 9.84 Å². The van der Waals surface area contributed by atoms with Crippen LogP contribution in [0.2, 0.25) is 0 Å². The molecule has 2 N–H and O–H groups in total. The Morgan fingerprint density at radius 3 is 2.00 bits per heavy atom. The monoisotopic (exact) mass is 354 g/mol. The van der Waals surface area contributed by atoms with Crippen LogP contribution in [-0.4, -0.2) is 32.3 Å². The summed E-state index contributed by atoms with van der Waals surface area (Å²) in [5.74, 6) is 0.0920. The van der Waals surface area contributed by atoms with Crippen LogP contribution in [0.1, 0.15) is 65.2 Å². The number of rotatable bonds is 13. The number of unbranched alkanes of at least 4 members (excludes halogenated alkanes) is 6. The first-order valence-electron chi connectivity index (χ1n) is 9.30. The Balaban J connectivity index is 2.66. The lowest BCUT2D eigenvalue weighted by Crippen LogP contribution is -2.32. The lowest BCUT2D eigenvalue weighted by Gasteiger charge is -2.22. The van der Waals surface area contributed by atoms with E-state index in [1.807, 2.05) is 0 Å². The molecule has 24 heavy (non-hydrogen) atoms. The van der Waals surface area contributed by atoms with Gasteiger partial charge in [0, 0.05) is 5.69 Å². The van der Waals surface area contributed by atoms with Crippen molar-refractivity contribution in [1.29, 1.82) is 0 Å². The zero-order valence-electron chi connectivity index (χ0n) is 15.3. The summed E-state index contributed by atoms with van der Waals surface area (Å²) in [6, 6.07) is 6.61. The first-order chi connectivity index (χ1) is 11.5. The van der Waals surface area contributed by atoms with Crippen LogP contribution in [0, 0.1) is 0 Å². The number of nitrogens with zero attached hydrogens (tertiary/aromatic N) is 1. The molecule has 5 heteroatoms. The molecule has 0 aliphatic heterocycles. The zero-order valence-corrected chi connectivity index (χ0v) is 16.2. The number of nitrogens with two attached hydrogens (primary N) is 1. The Bertz CT molecular complexity index is 546. The predicted octanol–water partition coefficient (Wildman–Crippen LogP) is 4.46. The number of benzene rings is 1. The van der Waals surface area contributed by atoms with Gasteiger partial charge in [-0.05, 0) is 44.1 Å². The van der Waals surface area contributed by atoms with Gasteiger partial charge in [0.2, 0.25) is 0 Å². The molecule has 0 bridgehead atoms. The first kappa shape index (κ1) is 21.0. The minimum absolute atomic E-state index is 0.0920. The summed E-state index contributed by atoms with van der Waals surface area (Å²) in [4.78, 5) is 2.43. The summed E-state index contributed by atoms with van der Waals surface area (Å²) < 4.78 is 25.4. The number of hydrogen-bond donors (Lipinski definition) is 1. The van der Waals surface area contributed by atoms with Crippen molar-refractivity contribution >= 4 is 15.5 Å². The van der Waals surface area contributed by atoms with E-state index in [0.717, 1.165) is 25.9 Å². The Hall–Kier alpha value is -1.07. The molecule has 0 aliphatic rings. The fourth-order valence-corrected chi connectivity index (χ4v) is 4.28. The second-order valence-corrected chi connectivity index (χ2v) is 8.51. The summed E-state index contributed by atoms with van der Waals surface area (Å²) in [5, 5.41) is 0.